The van der Waals surface area contributed by atoms with E-state index in [1.807, 2.05) is 52.0 Å². The monoisotopic (exact) mass is 289 g/mol. The van der Waals surface area contributed by atoms with E-state index in [0.29, 0.717) is 5.15 Å². The Bertz CT molecular complexity index is 656. The third kappa shape index (κ3) is 2.03. The van der Waals surface area contributed by atoms with Gasteiger partial charge < -0.3 is 9.31 Å². The highest BCUT2D eigenvalue weighted by Gasteiger charge is 2.52. The zero-order valence-electron chi connectivity index (χ0n) is 12.1. The highest BCUT2D eigenvalue weighted by molar-refractivity contribution is 6.65. The van der Waals surface area contributed by atoms with Crippen molar-refractivity contribution in [2.45, 2.75) is 38.9 Å². The van der Waals surface area contributed by atoms with E-state index in [2.05, 4.69) is 4.98 Å². The van der Waals surface area contributed by atoms with Crippen molar-refractivity contribution < 1.29 is 9.31 Å². The lowest BCUT2D eigenvalue weighted by molar-refractivity contribution is 0.00578. The average Bonchev–Trinajstić information content (AvgIpc) is 2.58. The van der Waals surface area contributed by atoms with Crippen LogP contribution < -0.4 is 5.46 Å². The quantitative estimate of drug-likeness (QED) is 0.597. The van der Waals surface area contributed by atoms with Crippen LogP contribution in [0, 0.1) is 0 Å². The van der Waals surface area contributed by atoms with E-state index in [1.165, 1.54) is 0 Å². The van der Waals surface area contributed by atoms with Crippen molar-refractivity contribution >= 4 is 35.0 Å². The normalized spacial score (nSPS) is 20.6. The Morgan fingerprint density at radius 3 is 2.30 bits per heavy atom. The molecule has 1 aliphatic heterocycles. The maximum Gasteiger partial charge on any atom is 0.495 e. The first-order valence-electron chi connectivity index (χ1n) is 6.71. The summed E-state index contributed by atoms with van der Waals surface area (Å²) < 4.78 is 12.2. The van der Waals surface area contributed by atoms with Crippen molar-refractivity contribution in [2.75, 3.05) is 0 Å². The predicted octanol–water partition coefficient (Wildman–Crippen LogP) is 3.19. The summed E-state index contributed by atoms with van der Waals surface area (Å²) in [7, 11) is -0.387. The molecule has 1 saturated heterocycles. The molecule has 0 bridgehead atoms. The molecule has 0 N–H and O–H groups in total. The minimum Gasteiger partial charge on any atom is -0.399 e. The van der Waals surface area contributed by atoms with E-state index >= 15 is 0 Å². The molecule has 1 aliphatic rings. The standard InChI is InChI=1S/C15H17BClNO2/c1-14(2)15(3,4)20-16(19-14)12-7-5-6-11-10(12)8-9-18-13(11)17/h5-9H,1-4H3. The minimum absolute atomic E-state index is 0.351. The van der Waals surface area contributed by atoms with Gasteiger partial charge >= 0.3 is 7.12 Å². The van der Waals surface area contributed by atoms with Gasteiger partial charge in [0.15, 0.2) is 0 Å². The summed E-state index contributed by atoms with van der Waals surface area (Å²) in [5.41, 5.74) is 0.290. The van der Waals surface area contributed by atoms with Crippen molar-refractivity contribution in [1.82, 2.24) is 4.98 Å². The molecule has 0 spiro atoms. The Hall–Kier alpha value is -1.10. The Kier molecular flexibility index (Phi) is 3.09. The van der Waals surface area contributed by atoms with E-state index in [1.54, 1.807) is 6.20 Å². The summed E-state index contributed by atoms with van der Waals surface area (Å²) >= 11 is 6.16. The van der Waals surface area contributed by atoms with Gasteiger partial charge in [-0.3, -0.25) is 0 Å². The molecule has 2 heterocycles. The Balaban J connectivity index is 2.11. The first kappa shape index (κ1) is 13.9. The molecule has 3 nitrogen and oxygen atoms in total. The smallest absolute Gasteiger partial charge is 0.399 e. The fourth-order valence-electron chi connectivity index (χ4n) is 2.37. The first-order chi connectivity index (χ1) is 9.32. The number of nitrogens with zero attached hydrogens (tertiary/aromatic N) is 1. The van der Waals surface area contributed by atoms with Crippen LogP contribution in [0.2, 0.25) is 5.15 Å². The molecule has 5 heteroatoms. The molecular weight excluding hydrogens is 272 g/mol. The molecule has 3 rings (SSSR count). The molecule has 1 aromatic carbocycles. The van der Waals surface area contributed by atoms with Crippen molar-refractivity contribution in [3.05, 3.63) is 35.6 Å². The van der Waals surface area contributed by atoms with Crippen molar-refractivity contribution in [3.8, 4) is 0 Å². The second-order valence-electron chi connectivity index (χ2n) is 6.13. The molecular formula is C15H17BClNO2. The van der Waals surface area contributed by atoms with E-state index in [0.717, 1.165) is 16.2 Å². The molecule has 0 amide bonds. The minimum atomic E-state index is -0.387. The summed E-state index contributed by atoms with van der Waals surface area (Å²) in [5, 5.41) is 2.44. The number of benzene rings is 1. The fourth-order valence-corrected chi connectivity index (χ4v) is 2.59. The maximum atomic E-state index is 6.16. The number of pyridine rings is 1. The van der Waals surface area contributed by atoms with Crippen LogP contribution in [0.5, 0.6) is 0 Å². The lowest BCUT2D eigenvalue weighted by atomic mass is 9.76. The predicted molar refractivity (Wildman–Crippen MR) is 82.5 cm³/mol. The second-order valence-corrected chi connectivity index (χ2v) is 6.49. The third-order valence-electron chi connectivity index (χ3n) is 4.30. The zero-order valence-corrected chi connectivity index (χ0v) is 12.9. The molecule has 104 valence electrons. The van der Waals surface area contributed by atoms with Gasteiger partial charge in [-0.05, 0) is 44.6 Å². The average molecular weight is 290 g/mol. The van der Waals surface area contributed by atoms with Gasteiger partial charge in [-0.1, -0.05) is 29.8 Å². The Labute approximate surface area is 124 Å². The van der Waals surface area contributed by atoms with Crippen LogP contribution in [0.3, 0.4) is 0 Å². The number of rotatable bonds is 1. The fraction of sp³-hybridized carbons (Fsp3) is 0.400. The van der Waals surface area contributed by atoms with Gasteiger partial charge in [-0.2, -0.15) is 0 Å². The topological polar surface area (TPSA) is 31.4 Å². The zero-order chi connectivity index (χ0) is 14.5. The van der Waals surface area contributed by atoms with Gasteiger partial charge in [0.25, 0.3) is 0 Å². The van der Waals surface area contributed by atoms with Gasteiger partial charge in [0.05, 0.1) is 11.2 Å². The SMILES string of the molecule is CC1(C)OB(c2cccc3c(Cl)nccc23)OC1(C)C. The van der Waals surface area contributed by atoms with E-state index in [9.17, 15) is 0 Å². The molecule has 0 aliphatic carbocycles. The molecule has 0 atom stereocenters. The molecule has 1 fully saturated rings. The molecule has 1 aromatic heterocycles. The van der Waals surface area contributed by atoms with Crippen molar-refractivity contribution in [2.24, 2.45) is 0 Å². The van der Waals surface area contributed by atoms with E-state index in [-0.39, 0.29) is 18.3 Å². The molecule has 0 radical (unpaired) electrons. The number of hydrogen-bond donors (Lipinski definition) is 0. The van der Waals surface area contributed by atoms with Crippen LogP contribution in [0.4, 0.5) is 0 Å². The Morgan fingerprint density at radius 1 is 1.00 bits per heavy atom. The lowest BCUT2D eigenvalue weighted by Gasteiger charge is -2.32. The van der Waals surface area contributed by atoms with E-state index < -0.39 is 0 Å². The molecule has 0 unspecified atom stereocenters. The number of aromatic nitrogens is 1. The summed E-state index contributed by atoms with van der Waals surface area (Å²) in [4.78, 5) is 4.12. The summed E-state index contributed by atoms with van der Waals surface area (Å²) in [6, 6.07) is 7.87. The maximum absolute atomic E-state index is 6.16. The third-order valence-corrected chi connectivity index (χ3v) is 4.60. The van der Waals surface area contributed by atoms with Gasteiger partial charge in [0.2, 0.25) is 0 Å². The summed E-state index contributed by atoms with van der Waals surface area (Å²) in [6.45, 7) is 8.19. The number of fused-ring (bicyclic) bond motifs is 1. The van der Waals surface area contributed by atoms with Gasteiger partial charge in [0, 0.05) is 11.6 Å². The lowest BCUT2D eigenvalue weighted by Crippen LogP contribution is -2.41. The van der Waals surface area contributed by atoms with Crippen LogP contribution in [-0.4, -0.2) is 23.3 Å². The van der Waals surface area contributed by atoms with Crippen LogP contribution >= 0.6 is 11.6 Å². The second kappa shape index (κ2) is 4.45. The highest BCUT2D eigenvalue weighted by Crippen LogP contribution is 2.37. The van der Waals surface area contributed by atoms with Crippen molar-refractivity contribution in [1.29, 1.82) is 0 Å². The van der Waals surface area contributed by atoms with Crippen LogP contribution in [0.1, 0.15) is 27.7 Å². The Morgan fingerprint density at radius 2 is 1.65 bits per heavy atom. The number of hydrogen-bond acceptors (Lipinski definition) is 3. The number of halogens is 1. The first-order valence-corrected chi connectivity index (χ1v) is 7.08. The van der Waals surface area contributed by atoms with E-state index in [4.69, 9.17) is 20.9 Å². The largest absolute Gasteiger partial charge is 0.495 e. The molecule has 20 heavy (non-hydrogen) atoms. The van der Waals surface area contributed by atoms with Gasteiger partial charge in [0.1, 0.15) is 5.15 Å². The molecule has 2 aromatic rings. The van der Waals surface area contributed by atoms with Crippen LogP contribution in [0.25, 0.3) is 10.8 Å². The van der Waals surface area contributed by atoms with Gasteiger partial charge in [-0.25, -0.2) is 4.98 Å². The summed E-state index contributed by atoms with van der Waals surface area (Å²) in [5.74, 6) is 0. The summed E-state index contributed by atoms with van der Waals surface area (Å²) in [6.07, 6.45) is 1.71. The van der Waals surface area contributed by atoms with Crippen LogP contribution in [-0.2, 0) is 9.31 Å². The van der Waals surface area contributed by atoms with Crippen LogP contribution in [0.15, 0.2) is 30.5 Å². The molecule has 0 saturated carbocycles. The highest BCUT2D eigenvalue weighted by atomic mass is 35.5. The van der Waals surface area contributed by atoms with Crippen molar-refractivity contribution in [3.63, 3.8) is 0 Å². The van der Waals surface area contributed by atoms with Gasteiger partial charge in [-0.15, -0.1) is 0 Å².